The molecule has 2 aromatic rings. The molecule has 0 unspecified atom stereocenters. The number of hydrogen-bond donors (Lipinski definition) is 1. The predicted molar refractivity (Wildman–Crippen MR) is 99.5 cm³/mol. The van der Waals surface area contributed by atoms with Crippen LogP contribution in [0.1, 0.15) is 40.1 Å². The Balaban J connectivity index is 1.85. The Kier molecular flexibility index (Phi) is 6.92. The molecule has 0 fully saturated rings. The number of carbonyl (C=O) groups excluding carboxylic acids is 3. The summed E-state index contributed by atoms with van der Waals surface area (Å²) in [4.78, 5) is 36.1. The number of esters is 1. The maximum absolute atomic E-state index is 12.3. The summed E-state index contributed by atoms with van der Waals surface area (Å²) in [5, 5.41) is 2.96. The fraction of sp³-hybridized carbons (Fsp3) is 0.250. The largest absolute Gasteiger partial charge is 0.453 e. The lowest BCUT2D eigenvalue weighted by molar-refractivity contribution is -0.145. The molecular formula is C20H20ClNO4. The molecule has 0 aliphatic rings. The number of amides is 1. The molecule has 0 spiro atoms. The number of hydrogen-bond acceptors (Lipinski definition) is 4. The zero-order valence-electron chi connectivity index (χ0n) is 14.6. The van der Waals surface area contributed by atoms with Gasteiger partial charge in [-0.05, 0) is 43.2 Å². The first kappa shape index (κ1) is 19.7. The van der Waals surface area contributed by atoms with Crippen molar-refractivity contribution >= 4 is 29.3 Å². The molecule has 2 aromatic carbocycles. The van der Waals surface area contributed by atoms with Gasteiger partial charge in [0.25, 0.3) is 5.91 Å². The monoisotopic (exact) mass is 373 g/mol. The van der Waals surface area contributed by atoms with Gasteiger partial charge in [-0.25, -0.2) is 0 Å². The van der Waals surface area contributed by atoms with E-state index in [2.05, 4.69) is 5.32 Å². The molecule has 0 saturated carbocycles. The molecule has 2 rings (SSSR count). The molecule has 5 nitrogen and oxygen atoms in total. The predicted octanol–water partition coefficient (Wildman–Crippen LogP) is 3.45. The third kappa shape index (κ3) is 5.43. The Bertz CT molecular complexity index is 784. The highest BCUT2D eigenvalue weighted by Crippen LogP contribution is 2.10. The van der Waals surface area contributed by atoms with Crippen molar-refractivity contribution in [2.75, 3.05) is 6.54 Å². The normalized spacial score (nSPS) is 11.5. The van der Waals surface area contributed by atoms with Gasteiger partial charge in [-0.2, -0.15) is 0 Å². The van der Waals surface area contributed by atoms with Crippen molar-refractivity contribution in [2.45, 2.75) is 26.4 Å². The molecular weight excluding hydrogens is 354 g/mol. The summed E-state index contributed by atoms with van der Waals surface area (Å²) >= 11 is 5.76. The van der Waals surface area contributed by atoms with Gasteiger partial charge in [-0.3, -0.25) is 14.4 Å². The minimum absolute atomic E-state index is 0.287. The fourth-order valence-electron chi connectivity index (χ4n) is 2.29. The highest BCUT2D eigenvalue weighted by atomic mass is 35.5. The van der Waals surface area contributed by atoms with Crippen LogP contribution in [-0.2, 0) is 16.0 Å². The zero-order chi connectivity index (χ0) is 19.1. The lowest BCUT2D eigenvalue weighted by Gasteiger charge is -2.13. The number of carbonyl (C=O) groups is 3. The summed E-state index contributed by atoms with van der Waals surface area (Å²) in [6, 6.07) is 13.4. The van der Waals surface area contributed by atoms with Crippen molar-refractivity contribution in [1.82, 2.24) is 5.32 Å². The number of Topliss-reactive ketones (excluding diaryl/α,β-unsaturated/α-hetero) is 1. The highest BCUT2D eigenvalue weighted by molar-refractivity contribution is 6.30. The number of ketones is 1. The Morgan fingerprint density at radius 2 is 1.58 bits per heavy atom. The molecule has 1 N–H and O–H groups in total. The molecule has 0 aliphatic carbocycles. The molecule has 136 valence electrons. The second-order valence-electron chi connectivity index (χ2n) is 5.74. The Morgan fingerprint density at radius 1 is 1.00 bits per heavy atom. The molecule has 0 aliphatic heterocycles. The molecule has 6 heteroatoms. The standard InChI is InChI=1S/C20H20ClNO4/c1-3-14-4-6-15(7-5-14)19(24)13(2)26-18(23)12-22-20(25)16-8-10-17(21)11-9-16/h4-11,13H,3,12H2,1-2H3,(H,22,25)/t13-/m0/s1. The van der Waals surface area contributed by atoms with Crippen LogP contribution in [-0.4, -0.2) is 30.3 Å². The maximum atomic E-state index is 12.3. The van der Waals surface area contributed by atoms with Crippen molar-refractivity contribution in [3.63, 3.8) is 0 Å². The van der Waals surface area contributed by atoms with E-state index in [-0.39, 0.29) is 12.3 Å². The number of halogens is 1. The van der Waals surface area contributed by atoms with Gasteiger partial charge < -0.3 is 10.1 Å². The van der Waals surface area contributed by atoms with Gasteiger partial charge in [0.05, 0.1) is 0 Å². The van der Waals surface area contributed by atoms with E-state index < -0.39 is 18.0 Å². The number of rotatable bonds is 7. The van der Waals surface area contributed by atoms with Crippen molar-refractivity contribution in [3.05, 3.63) is 70.2 Å². The van der Waals surface area contributed by atoms with Gasteiger partial charge in [-0.1, -0.05) is 42.8 Å². The van der Waals surface area contributed by atoms with Gasteiger partial charge in [0, 0.05) is 16.1 Å². The average molecular weight is 374 g/mol. The average Bonchev–Trinajstić information content (AvgIpc) is 2.66. The molecule has 1 amide bonds. The lowest BCUT2D eigenvalue weighted by Crippen LogP contribution is -2.34. The molecule has 0 aromatic heterocycles. The first-order valence-electron chi connectivity index (χ1n) is 8.27. The second kappa shape index (κ2) is 9.15. The molecule has 0 heterocycles. The number of benzene rings is 2. The summed E-state index contributed by atoms with van der Waals surface area (Å²) < 4.78 is 5.10. The first-order chi connectivity index (χ1) is 12.4. The van der Waals surface area contributed by atoms with Crippen molar-refractivity contribution in [1.29, 1.82) is 0 Å². The molecule has 0 saturated heterocycles. The highest BCUT2D eigenvalue weighted by Gasteiger charge is 2.20. The van der Waals surface area contributed by atoms with Crippen LogP contribution in [0.15, 0.2) is 48.5 Å². The van der Waals surface area contributed by atoms with E-state index in [0.717, 1.165) is 12.0 Å². The summed E-state index contributed by atoms with van der Waals surface area (Å²) in [7, 11) is 0. The Morgan fingerprint density at radius 3 is 2.15 bits per heavy atom. The van der Waals surface area contributed by atoms with Crippen LogP contribution in [0.5, 0.6) is 0 Å². The van der Waals surface area contributed by atoms with E-state index in [0.29, 0.717) is 16.1 Å². The van der Waals surface area contributed by atoms with Gasteiger partial charge in [0.1, 0.15) is 6.54 Å². The minimum Gasteiger partial charge on any atom is -0.453 e. The molecule has 0 bridgehead atoms. The summed E-state index contributed by atoms with van der Waals surface area (Å²) in [6.45, 7) is 3.21. The summed E-state index contributed by atoms with van der Waals surface area (Å²) in [5.74, 6) is -1.39. The van der Waals surface area contributed by atoms with E-state index in [4.69, 9.17) is 16.3 Å². The van der Waals surface area contributed by atoms with Gasteiger partial charge in [-0.15, -0.1) is 0 Å². The van der Waals surface area contributed by atoms with Crippen molar-refractivity contribution in [3.8, 4) is 0 Å². The molecule has 0 radical (unpaired) electrons. The van der Waals surface area contributed by atoms with Crippen LogP contribution >= 0.6 is 11.6 Å². The molecule has 26 heavy (non-hydrogen) atoms. The fourth-order valence-corrected chi connectivity index (χ4v) is 2.41. The Labute approximate surface area is 157 Å². The maximum Gasteiger partial charge on any atom is 0.326 e. The van der Waals surface area contributed by atoms with E-state index >= 15 is 0 Å². The van der Waals surface area contributed by atoms with Crippen LogP contribution in [0.3, 0.4) is 0 Å². The van der Waals surface area contributed by atoms with Gasteiger partial charge in [0.2, 0.25) is 5.78 Å². The quantitative estimate of drug-likeness (QED) is 0.596. The van der Waals surface area contributed by atoms with Crippen molar-refractivity contribution in [2.24, 2.45) is 0 Å². The van der Waals surface area contributed by atoms with Gasteiger partial charge >= 0.3 is 5.97 Å². The summed E-state index contributed by atoms with van der Waals surface area (Å²) in [5.41, 5.74) is 1.98. The van der Waals surface area contributed by atoms with Crippen molar-refractivity contribution < 1.29 is 19.1 Å². The van der Waals surface area contributed by atoms with Crippen LogP contribution in [0, 0.1) is 0 Å². The lowest BCUT2D eigenvalue weighted by atomic mass is 10.0. The first-order valence-corrected chi connectivity index (χ1v) is 8.65. The smallest absolute Gasteiger partial charge is 0.326 e. The van der Waals surface area contributed by atoms with Crippen LogP contribution in [0.2, 0.25) is 5.02 Å². The van der Waals surface area contributed by atoms with E-state index in [9.17, 15) is 14.4 Å². The third-order valence-electron chi connectivity index (χ3n) is 3.82. The number of nitrogens with one attached hydrogen (secondary N) is 1. The van der Waals surface area contributed by atoms with E-state index in [1.54, 1.807) is 36.4 Å². The summed E-state index contributed by atoms with van der Waals surface area (Å²) in [6.07, 6.45) is -0.0470. The SMILES string of the molecule is CCc1ccc(C(=O)[C@H](C)OC(=O)CNC(=O)c2ccc(Cl)cc2)cc1. The van der Waals surface area contributed by atoms with Crippen LogP contribution < -0.4 is 5.32 Å². The topological polar surface area (TPSA) is 72.5 Å². The van der Waals surface area contributed by atoms with E-state index in [1.165, 1.54) is 6.92 Å². The Hall–Kier alpha value is -2.66. The third-order valence-corrected chi connectivity index (χ3v) is 4.08. The zero-order valence-corrected chi connectivity index (χ0v) is 15.4. The van der Waals surface area contributed by atoms with Crippen LogP contribution in [0.25, 0.3) is 0 Å². The minimum atomic E-state index is -0.928. The molecule has 1 atom stereocenters. The van der Waals surface area contributed by atoms with E-state index in [1.807, 2.05) is 19.1 Å². The van der Waals surface area contributed by atoms with Gasteiger partial charge in [0.15, 0.2) is 6.10 Å². The second-order valence-corrected chi connectivity index (χ2v) is 6.17. The number of aryl methyl sites for hydroxylation is 1. The number of ether oxygens (including phenoxy) is 1. The van der Waals surface area contributed by atoms with Crippen LogP contribution in [0.4, 0.5) is 0 Å².